The monoisotopic (exact) mass is 362 g/mol. The Hall–Kier alpha value is -2.38. The van der Waals surface area contributed by atoms with Crippen LogP contribution in [-0.2, 0) is 21.4 Å². The summed E-state index contributed by atoms with van der Waals surface area (Å²) in [6.45, 7) is 2.11. The summed E-state index contributed by atoms with van der Waals surface area (Å²) in [5, 5.41) is 2.64. The standard InChI is InChI=1S/C18H22N2O4S/c1-3-19-18(21)14-20(13-15-7-5-4-6-8-15)25(22,23)17-11-9-16(24-2)10-12-17/h4-12H,3,13-14H2,1-2H3,(H,19,21). The van der Waals surface area contributed by atoms with Crippen LogP contribution in [0.3, 0.4) is 0 Å². The third kappa shape index (κ3) is 5.04. The Bertz CT molecular complexity index is 790. The minimum atomic E-state index is -3.82. The lowest BCUT2D eigenvalue weighted by atomic mass is 10.2. The Labute approximate surface area is 148 Å². The van der Waals surface area contributed by atoms with Crippen LogP contribution in [0.25, 0.3) is 0 Å². The van der Waals surface area contributed by atoms with Crippen molar-refractivity contribution in [2.45, 2.75) is 18.4 Å². The van der Waals surface area contributed by atoms with Crippen molar-refractivity contribution < 1.29 is 17.9 Å². The van der Waals surface area contributed by atoms with Gasteiger partial charge in [-0.2, -0.15) is 4.31 Å². The molecule has 1 amide bonds. The molecule has 0 saturated heterocycles. The average molecular weight is 362 g/mol. The quantitative estimate of drug-likeness (QED) is 0.780. The highest BCUT2D eigenvalue weighted by Crippen LogP contribution is 2.21. The first kappa shape index (κ1) is 19.0. The zero-order chi connectivity index (χ0) is 18.3. The van der Waals surface area contributed by atoms with Crippen LogP contribution in [0.1, 0.15) is 12.5 Å². The van der Waals surface area contributed by atoms with Gasteiger partial charge in [-0.15, -0.1) is 0 Å². The lowest BCUT2D eigenvalue weighted by Gasteiger charge is -2.22. The third-order valence-corrected chi connectivity index (χ3v) is 5.40. The normalized spacial score (nSPS) is 11.3. The highest BCUT2D eigenvalue weighted by molar-refractivity contribution is 7.89. The number of amides is 1. The maximum atomic E-state index is 13.0. The van der Waals surface area contributed by atoms with Gasteiger partial charge in [0.25, 0.3) is 0 Å². The van der Waals surface area contributed by atoms with Crippen molar-refractivity contribution in [1.29, 1.82) is 0 Å². The predicted molar refractivity (Wildman–Crippen MR) is 95.7 cm³/mol. The predicted octanol–water partition coefficient (Wildman–Crippen LogP) is 2.02. The lowest BCUT2D eigenvalue weighted by molar-refractivity contribution is -0.121. The number of benzene rings is 2. The first-order valence-electron chi connectivity index (χ1n) is 7.92. The number of ether oxygens (including phenoxy) is 1. The van der Waals surface area contributed by atoms with E-state index in [4.69, 9.17) is 4.74 Å². The largest absolute Gasteiger partial charge is 0.497 e. The van der Waals surface area contributed by atoms with Gasteiger partial charge < -0.3 is 10.1 Å². The lowest BCUT2D eigenvalue weighted by Crippen LogP contribution is -2.40. The molecule has 0 radical (unpaired) electrons. The zero-order valence-electron chi connectivity index (χ0n) is 14.3. The molecule has 0 bridgehead atoms. The molecule has 0 heterocycles. The number of carbonyl (C=O) groups excluding carboxylic acids is 1. The Morgan fingerprint density at radius 2 is 1.72 bits per heavy atom. The van der Waals surface area contributed by atoms with Crippen LogP contribution < -0.4 is 10.1 Å². The summed E-state index contributed by atoms with van der Waals surface area (Å²) in [6.07, 6.45) is 0. The Morgan fingerprint density at radius 1 is 1.08 bits per heavy atom. The molecule has 0 fully saturated rings. The molecule has 2 rings (SSSR count). The molecule has 0 aliphatic carbocycles. The summed E-state index contributed by atoms with van der Waals surface area (Å²) in [4.78, 5) is 12.1. The van der Waals surface area contributed by atoms with Crippen LogP contribution in [0.15, 0.2) is 59.5 Å². The van der Waals surface area contributed by atoms with E-state index in [1.165, 1.54) is 23.5 Å². The molecular formula is C18H22N2O4S. The van der Waals surface area contributed by atoms with Crippen molar-refractivity contribution in [2.75, 3.05) is 20.2 Å². The molecule has 2 aromatic carbocycles. The minimum Gasteiger partial charge on any atom is -0.497 e. The number of nitrogens with one attached hydrogen (secondary N) is 1. The molecule has 134 valence electrons. The van der Waals surface area contributed by atoms with Gasteiger partial charge in [-0.25, -0.2) is 8.42 Å². The van der Waals surface area contributed by atoms with Gasteiger partial charge in [0.15, 0.2) is 0 Å². The number of hydrogen-bond acceptors (Lipinski definition) is 4. The summed E-state index contributed by atoms with van der Waals surface area (Å²) in [5.41, 5.74) is 0.809. The average Bonchev–Trinajstić information content (AvgIpc) is 2.62. The molecular weight excluding hydrogens is 340 g/mol. The first-order valence-corrected chi connectivity index (χ1v) is 9.36. The maximum absolute atomic E-state index is 13.0. The van der Waals surface area contributed by atoms with Crippen molar-refractivity contribution in [3.05, 3.63) is 60.2 Å². The summed E-state index contributed by atoms with van der Waals surface area (Å²) in [6, 6.07) is 15.3. The fourth-order valence-electron chi connectivity index (χ4n) is 2.32. The zero-order valence-corrected chi connectivity index (χ0v) is 15.1. The van der Waals surface area contributed by atoms with Crippen LogP contribution in [0.2, 0.25) is 0 Å². The van der Waals surface area contributed by atoms with Gasteiger partial charge >= 0.3 is 0 Å². The van der Waals surface area contributed by atoms with E-state index in [1.807, 2.05) is 30.3 Å². The second-order valence-corrected chi connectivity index (χ2v) is 7.33. The van der Waals surface area contributed by atoms with Crippen LogP contribution >= 0.6 is 0 Å². The molecule has 0 saturated carbocycles. The SMILES string of the molecule is CCNC(=O)CN(Cc1ccccc1)S(=O)(=O)c1ccc(OC)cc1. The Morgan fingerprint density at radius 3 is 2.28 bits per heavy atom. The van der Waals surface area contributed by atoms with E-state index in [2.05, 4.69) is 5.32 Å². The minimum absolute atomic E-state index is 0.117. The maximum Gasteiger partial charge on any atom is 0.243 e. The van der Waals surface area contributed by atoms with E-state index < -0.39 is 10.0 Å². The van der Waals surface area contributed by atoms with Crippen LogP contribution in [0.5, 0.6) is 5.75 Å². The number of nitrogens with zero attached hydrogens (tertiary/aromatic N) is 1. The topological polar surface area (TPSA) is 75.7 Å². The van der Waals surface area contributed by atoms with Crippen molar-refractivity contribution in [1.82, 2.24) is 9.62 Å². The number of hydrogen-bond donors (Lipinski definition) is 1. The van der Waals surface area contributed by atoms with Gasteiger partial charge in [-0.3, -0.25) is 4.79 Å². The molecule has 0 aliphatic heterocycles. The Kier molecular flexibility index (Phi) is 6.55. The summed E-state index contributed by atoms with van der Waals surface area (Å²) >= 11 is 0. The van der Waals surface area contributed by atoms with Crippen LogP contribution in [0, 0.1) is 0 Å². The van der Waals surface area contributed by atoms with Gasteiger partial charge in [-0.1, -0.05) is 30.3 Å². The molecule has 0 unspecified atom stereocenters. The molecule has 0 spiro atoms. The van der Waals surface area contributed by atoms with E-state index >= 15 is 0 Å². The fraction of sp³-hybridized carbons (Fsp3) is 0.278. The van der Waals surface area contributed by atoms with Crippen molar-refractivity contribution >= 4 is 15.9 Å². The number of rotatable bonds is 8. The second-order valence-electron chi connectivity index (χ2n) is 5.39. The van der Waals surface area contributed by atoms with Crippen molar-refractivity contribution in [3.63, 3.8) is 0 Å². The van der Waals surface area contributed by atoms with E-state index in [0.29, 0.717) is 12.3 Å². The van der Waals surface area contributed by atoms with E-state index in [9.17, 15) is 13.2 Å². The number of sulfonamides is 1. The second kappa shape index (κ2) is 8.64. The smallest absolute Gasteiger partial charge is 0.243 e. The number of carbonyl (C=O) groups is 1. The van der Waals surface area contributed by atoms with E-state index in [1.54, 1.807) is 19.1 Å². The molecule has 0 aromatic heterocycles. The molecule has 7 heteroatoms. The van der Waals surface area contributed by atoms with Gasteiger partial charge in [0.2, 0.25) is 15.9 Å². The van der Waals surface area contributed by atoms with Crippen molar-refractivity contribution in [2.24, 2.45) is 0 Å². The van der Waals surface area contributed by atoms with Crippen molar-refractivity contribution in [3.8, 4) is 5.75 Å². The summed E-state index contributed by atoms with van der Waals surface area (Å²) in [7, 11) is -2.31. The molecule has 0 atom stereocenters. The number of likely N-dealkylation sites (N-methyl/N-ethyl adjacent to an activating group) is 1. The van der Waals surface area contributed by atoms with Gasteiger partial charge in [0.1, 0.15) is 5.75 Å². The fourth-order valence-corrected chi connectivity index (χ4v) is 3.71. The molecule has 6 nitrogen and oxygen atoms in total. The van der Waals surface area contributed by atoms with Gasteiger partial charge in [0, 0.05) is 13.1 Å². The molecule has 0 aliphatic rings. The molecule has 1 N–H and O–H groups in total. The Balaban J connectivity index is 2.32. The first-order chi connectivity index (χ1) is 12.0. The summed E-state index contributed by atoms with van der Waals surface area (Å²) in [5.74, 6) is 0.229. The van der Waals surface area contributed by atoms with Gasteiger partial charge in [-0.05, 0) is 36.8 Å². The van der Waals surface area contributed by atoms with Gasteiger partial charge in [0.05, 0.1) is 18.6 Å². The molecule has 25 heavy (non-hydrogen) atoms. The van der Waals surface area contributed by atoms with Crippen LogP contribution in [-0.4, -0.2) is 38.8 Å². The highest BCUT2D eigenvalue weighted by Gasteiger charge is 2.26. The highest BCUT2D eigenvalue weighted by atomic mass is 32.2. The summed E-state index contributed by atoms with van der Waals surface area (Å²) < 4.78 is 32.2. The van der Waals surface area contributed by atoms with E-state index in [-0.39, 0.29) is 23.9 Å². The number of methoxy groups -OCH3 is 1. The third-order valence-electron chi connectivity index (χ3n) is 3.59. The van der Waals surface area contributed by atoms with E-state index in [0.717, 1.165) is 5.56 Å². The van der Waals surface area contributed by atoms with Crippen LogP contribution in [0.4, 0.5) is 0 Å². The molecule has 2 aromatic rings.